The first-order chi connectivity index (χ1) is 6.04. The van der Waals surface area contributed by atoms with Crippen LogP contribution in [0.4, 0.5) is 13.2 Å². The summed E-state index contributed by atoms with van der Waals surface area (Å²) >= 11 is 0. The van der Waals surface area contributed by atoms with Gasteiger partial charge in [0, 0.05) is 6.21 Å². The third-order valence-electron chi connectivity index (χ3n) is 1.44. The fourth-order valence-corrected chi connectivity index (χ4v) is 0.819. The zero-order chi connectivity index (χ0) is 9.90. The van der Waals surface area contributed by atoms with Crippen LogP contribution < -0.4 is 29.6 Å². The van der Waals surface area contributed by atoms with Gasteiger partial charge in [-0.2, -0.15) is 13.2 Å². The van der Waals surface area contributed by atoms with Crippen molar-refractivity contribution in [1.29, 1.82) is 0 Å². The van der Waals surface area contributed by atoms with Crippen LogP contribution in [0.2, 0.25) is 0 Å². The Morgan fingerprint density at radius 2 is 1.64 bits per heavy atom. The minimum Gasteiger partial charge on any atom is -0.792 e. The van der Waals surface area contributed by atoms with Crippen molar-refractivity contribution >= 4 is 6.21 Å². The third-order valence-corrected chi connectivity index (χ3v) is 1.44. The van der Waals surface area contributed by atoms with E-state index in [0.29, 0.717) is 5.56 Å². The molecule has 0 fully saturated rings. The van der Waals surface area contributed by atoms with E-state index >= 15 is 0 Å². The van der Waals surface area contributed by atoms with Gasteiger partial charge in [-0.15, -0.1) is 0 Å². The second-order valence-electron chi connectivity index (χ2n) is 2.35. The average Bonchev–Trinajstić information content (AvgIpc) is 2.04. The molecule has 0 spiro atoms. The number of hydrogen-bond donors (Lipinski definition) is 0. The first kappa shape index (κ1) is 13.5. The number of benzene rings is 1. The Morgan fingerprint density at radius 1 is 1.14 bits per heavy atom. The largest absolute Gasteiger partial charge is 1.00 e. The monoisotopic (exact) mass is 211 g/mol. The maximum absolute atomic E-state index is 12.0. The van der Waals surface area contributed by atoms with Crippen molar-refractivity contribution in [2.24, 2.45) is 5.16 Å². The molecule has 0 unspecified atom stereocenters. The van der Waals surface area contributed by atoms with Gasteiger partial charge in [0.05, 0.1) is 5.56 Å². The Balaban J connectivity index is 0.00000169. The summed E-state index contributed by atoms with van der Waals surface area (Å²) in [5.74, 6) is 0. The van der Waals surface area contributed by atoms with Gasteiger partial charge in [0.1, 0.15) is 0 Å². The number of nitrogens with zero attached hydrogens (tertiary/aromatic N) is 1. The zero-order valence-electron chi connectivity index (χ0n) is 7.38. The minimum absolute atomic E-state index is 0. The van der Waals surface area contributed by atoms with Crippen LogP contribution in [0.25, 0.3) is 0 Å². The van der Waals surface area contributed by atoms with Crippen molar-refractivity contribution in [2.45, 2.75) is 6.18 Å². The van der Waals surface area contributed by atoms with Crippen molar-refractivity contribution in [3.63, 3.8) is 0 Å². The maximum atomic E-state index is 12.0. The predicted octanol–water partition coefficient (Wildman–Crippen LogP) is -0.374. The molecule has 0 bridgehead atoms. The molecule has 1 aromatic carbocycles. The van der Waals surface area contributed by atoms with Crippen molar-refractivity contribution < 1.29 is 42.7 Å². The van der Waals surface area contributed by atoms with E-state index in [2.05, 4.69) is 5.16 Å². The van der Waals surface area contributed by atoms with Gasteiger partial charge in [-0.05, 0) is 17.7 Å². The van der Waals surface area contributed by atoms with E-state index in [-0.39, 0.29) is 29.6 Å². The third kappa shape index (κ3) is 3.69. The SMILES string of the molecule is [Na+].[O-]/N=C\c1ccc(C(F)(F)F)cc1. The Bertz CT molecular complexity index is 307. The van der Waals surface area contributed by atoms with Crippen molar-refractivity contribution in [3.8, 4) is 0 Å². The van der Waals surface area contributed by atoms with Crippen molar-refractivity contribution in [2.75, 3.05) is 0 Å². The van der Waals surface area contributed by atoms with Gasteiger partial charge in [-0.25, -0.2) is 0 Å². The maximum Gasteiger partial charge on any atom is 1.00 e. The second kappa shape index (κ2) is 5.38. The molecule has 0 saturated carbocycles. The molecule has 0 aromatic heterocycles. The van der Waals surface area contributed by atoms with Crippen molar-refractivity contribution in [3.05, 3.63) is 40.6 Å². The van der Waals surface area contributed by atoms with Crippen LogP contribution in [0.15, 0.2) is 29.4 Å². The molecule has 2 nitrogen and oxygen atoms in total. The molecule has 14 heavy (non-hydrogen) atoms. The molecule has 0 saturated heterocycles. The number of rotatable bonds is 1. The topological polar surface area (TPSA) is 35.4 Å². The summed E-state index contributed by atoms with van der Waals surface area (Å²) in [4.78, 5) is 0. The number of halogens is 3. The van der Waals surface area contributed by atoms with E-state index < -0.39 is 11.7 Å². The van der Waals surface area contributed by atoms with Crippen LogP contribution in [0, 0.1) is 5.21 Å². The van der Waals surface area contributed by atoms with Gasteiger partial charge in [0.15, 0.2) is 0 Å². The zero-order valence-corrected chi connectivity index (χ0v) is 9.38. The molecular formula is C8H5F3NNaO. The minimum atomic E-state index is -4.34. The summed E-state index contributed by atoms with van der Waals surface area (Å²) in [6.07, 6.45) is -3.40. The van der Waals surface area contributed by atoms with E-state index in [1.165, 1.54) is 12.1 Å². The fourth-order valence-electron chi connectivity index (χ4n) is 0.819. The molecule has 70 valence electrons. The van der Waals surface area contributed by atoms with Crippen molar-refractivity contribution in [1.82, 2.24) is 0 Å². The van der Waals surface area contributed by atoms with E-state index in [0.717, 1.165) is 18.3 Å². The van der Waals surface area contributed by atoms with Gasteiger partial charge in [-0.1, -0.05) is 12.1 Å². The van der Waals surface area contributed by atoms with Crippen LogP contribution in [-0.4, -0.2) is 6.21 Å². The first-order valence-electron chi connectivity index (χ1n) is 3.37. The van der Waals surface area contributed by atoms with Gasteiger partial charge in [-0.3, -0.25) is 0 Å². The van der Waals surface area contributed by atoms with Crippen LogP contribution in [0.5, 0.6) is 0 Å². The fraction of sp³-hybridized carbons (Fsp3) is 0.125. The molecule has 0 aliphatic carbocycles. The van der Waals surface area contributed by atoms with E-state index in [4.69, 9.17) is 0 Å². The number of hydrogen-bond acceptors (Lipinski definition) is 2. The molecule has 1 rings (SSSR count). The van der Waals surface area contributed by atoms with Crippen LogP contribution in [0.3, 0.4) is 0 Å². The standard InChI is InChI=1S/C8H6F3NO.Na/c9-8(10,11)7-3-1-6(2-4-7)5-12-13;/h1-5,13H;/q;+1/p-1/b12-5-;. The summed E-state index contributed by atoms with van der Waals surface area (Å²) in [5.41, 5.74) is -0.390. The summed E-state index contributed by atoms with van der Waals surface area (Å²) in [6, 6.07) is 4.17. The molecule has 0 aliphatic rings. The molecule has 0 radical (unpaired) electrons. The Hall–Kier alpha value is -0.520. The Morgan fingerprint density at radius 3 is 2.00 bits per heavy atom. The quantitative estimate of drug-likeness (QED) is 0.354. The van der Waals surface area contributed by atoms with Gasteiger partial charge >= 0.3 is 35.7 Å². The smallest absolute Gasteiger partial charge is 0.792 e. The van der Waals surface area contributed by atoms with Gasteiger partial charge in [0.25, 0.3) is 0 Å². The van der Waals surface area contributed by atoms with Crippen LogP contribution in [-0.2, 0) is 6.18 Å². The summed E-state index contributed by atoms with van der Waals surface area (Å²) < 4.78 is 36.0. The van der Waals surface area contributed by atoms with Crippen LogP contribution in [0.1, 0.15) is 11.1 Å². The molecule has 0 N–H and O–H groups in total. The molecule has 6 heteroatoms. The normalized spacial score (nSPS) is 11.4. The second-order valence-corrected chi connectivity index (χ2v) is 2.35. The molecule has 1 aromatic rings. The van der Waals surface area contributed by atoms with E-state index in [1.54, 1.807) is 0 Å². The molecule has 0 amide bonds. The predicted molar refractivity (Wildman–Crippen MR) is 42.4 cm³/mol. The molecule has 0 heterocycles. The number of alkyl halides is 3. The van der Waals surface area contributed by atoms with E-state index in [9.17, 15) is 18.4 Å². The first-order valence-corrected chi connectivity index (χ1v) is 3.37. The Kier molecular flexibility index (Phi) is 5.18. The molecule has 0 atom stereocenters. The summed E-state index contributed by atoms with van der Waals surface area (Å²) in [5, 5.41) is 12.2. The summed E-state index contributed by atoms with van der Waals surface area (Å²) in [7, 11) is 0. The Labute approximate surface area is 101 Å². The average molecular weight is 211 g/mol. The van der Waals surface area contributed by atoms with E-state index in [1.807, 2.05) is 0 Å². The molecular weight excluding hydrogens is 206 g/mol. The van der Waals surface area contributed by atoms with Gasteiger partial charge < -0.3 is 10.4 Å². The van der Waals surface area contributed by atoms with Crippen LogP contribution >= 0.6 is 0 Å². The van der Waals surface area contributed by atoms with Gasteiger partial charge in [0.2, 0.25) is 0 Å². The molecule has 0 aliphatic heterocycles. The summed E-state index contributed by atoms with van der Waals surface area (Å²) in [6.45, 7) is 0.